The van der Waals surface area contributed by atoms with Gasteiger partial charge >= 0.3 is 5.97 Å². The first-order valence-corrected chi connectivity index (χ1v) is 5.56. The second-order valence-corrected chi connectivity index (χ2v) is 4.45. The molecule has 0 radical (unpaired) electrons. The first-order chi connectivity index (χ1) is 7.82. The lowest BCUT2D eigenvalue weighted by atomic mass is 10.1. The summed E-state index contributed by atoms with van der Waals surface area (Å²) in [6.45, 7) is 3.36. The van der Waals surface area contributed by atoms with Gasteiger partial charge in [-0.3, -0.25) is 10.1 Å². The van der Waals surface area contributed by atoms with Gasteiger partial charge in [0.05, 0.1) is 22.3 Å². The Kier molecular flexibility index (Phi) is 4.06. The van der Waals surface area contributed by atoms with Crippen molar-refractivity contribution in [2.24, 2.45) is 0 Å². The number of rotatable bonds is 3. The fourth-order valence-corrected chi connectivity index (χ4v) is 1.60. The minimum absolute atomic E-state index is 0.0141. The summed E-state index contributed by atoms with van der Waals surface area (Å²) in [5.74, 6) is -0.679. The molecule has 0 unspecified atom stereocenters. The molecular formula is C10H11BrN2O4. The van der Waals surface area contributed by atoms with Gasteiger partial charge in [0.2, 0.25) is 0 Å². The van der Waals surface area contributed by atoms with E-state index in [0.717, 1.165) is 6.07 Å². The Morgan fingerprint density at radius 1 is 1.53 bits per heavy atom. The van der Waals surface area contributed by atoms with E-state index in [2.05, 4.69) is 15.9 Å². The van der Waals surface area contributed by atoms with Crippen LogP contribution in [0.25, 0.3) is 0 Å². The number of anilines is 1. The summed E-state index contributed by atoms with van der Waals surface area (Å²) in [6.07, 6.45) is -0.320. The molecule has 1 aromatic rings. The van der Waals surface area contributed by atoms with E-state index in [1.165, 1.54) is 6.07 Å². The Hall–Kier alpha value is -1.63. The molecule has 1 rings (SSSR count). The summed E-state index contributed by atoms with van der Waals surface area (Å²) in [6, 6.07) is 2.34. The fraction of sp³-hybridized carbons (Fsp3) is 0.300. The number of nitrogen functional groups attached to an aromatic ring is 1. The average Bonchev–Trinajstić information content (AvgIpc) is 2.20. The molecule has 0 bridgehead atoms. The maximum absolute atomic E-state index is 11.7. The molecule has 0 aliphatic carbocycles. The molecule has 0 heterocycles. The molecule has 0 atom stereocenters. The normalized spacial score (nSPS) is 10.4. The topological polar surface area (TPSA) is 95.5 Å². The monoisotopic (exact) mass is 302 g/mol. The highest BCUT2D eigenvalue weighted by Crippen LogP contribution is 2.29. The van der Waals surface area contributed by atoms with Crippen LogP contribution in [-0.2, 0) is 4.74 Å². The number of carbonyl (C=O) groups excluding carboxylic acids is 1. The van der Waals surface area contributed by atoms with E-state index in [1.807, 2.05) is 0 Å². The fourth-order valence-electron chi connectivity index (χ4n) is 1.16. The second-order valence-electron chi connectivity index (χ2n) is 3.60. The number of carbonyl (C=O) groups is 1. The largest absolute Gasteiger partial charge is 0.459 e. The number of nitro groups is 1. The third-order valence-electron chi connectivity index (χ3n) is 1.89. The molecule has 0 saturated heterocycles. The number of esters is 1. The predicted molar refractivity (Wildman–Crippen MR) is 65.8 cm³/mol. The lowest BCUT2D eigenvalue weighted by Gasteiger charge is -2.10. The lowest BCUT2D eigenvalue weighted by Crippen LogP contribution is -2.14. The third-order valence-corrected chi connectivity index (χ3v) is 2.54. The van der Waals surface area contributed by atoms with Crippen LogP contribution < -0.4 is 5.73 Å². The number of nitro benzene ring substituents is 1. The van der Waals surface area contributed by atoms with E-state index < -0.39 is 10.9 Å². The highest BCUT2D eigenvalue weighted by molar-refractivity contribution is 9.10. The third kappa shape index (κ3) is 3.16. The lowest BCUT2D eigenvalue weighted by molar-refractivity contribution is -0.384. The Labute approximate surface area is 106 Å². The number of non-ortho nitro benzene ring substituents is 1. The number of hydrogen-bond acceptors (Lipinski definition) is 5. The molecule has 0 amide bonds. The maximum atomic E-state index is 11.7. The van der Waals surface area contributed by atoms with Gasteiger partial charge in [0.1, 0.15) is 0 Å². The molecule has 0 aromatic heterocycles. The van der Waals surface area contributed by atoms with Crippen molar-refractivity contribution in [3.05, 3.63) is 32.3 Å². The standard InChI is InChI=1S/C10H11BrN2O4/c1-5(2)17-10(14)7-3-6(13(15)16)4-8(11)9(7)12/h3-5H,12H2,1-2H3. The molecule has 17 heavy (non-hydrogen) atoms. The van der Waals surface area contributed by atoms with Gasteiger partial charge in [0.15, 0.2) is 0 Å². The molecule has 0 fully saturated rings. The molecule has 1 aromatic carbocycles. The summed E-state index contributed by atoms with van der Waals surface area (Å²) in [5.41, 5.74) is 5.55. The second kappa shape index (κ2) is 5.13. The van der Waals surface area contributed by atoms with Crippen molar-refractivity contribution >= 4 is 33.3 Å². The van der Waals surface area contributed by atoms with Crippen LogP contribution in [0.2, 0.25) is 0 Å². The SMILES string of the molecule is CC(C)OC(=O)c1cc([N+](=O)[O-])cc(Br)c1N. The average molecular weight is 303 g/mol. The van der Waals surface area contributed by atoms with Gasteiger partial charge in [-0.15, -0.1) is 0 Å². The van der Waals surface area contributed by atoms with Crippen molar-refractivity contribution in [2.75, 3.05) is 5.73 Å². The van der Waals surface area contributed by atoms with Crippen molar-refractivity contribution in [3.63, 3.8) is 0 Å². The van der Waals surface area contributed by atoms with Crippen LogP contribution in [0.5, 0.6) is 0 Å². The highest BCUT2D eigenvalue weighted by atomic mass is 79.9. The Bertz CT molecular complexity index is 474. The summed E-state index contributed by atoms with van der Waals surface area (Å²) >= 11 is 3.06. The number of nitrogens with two attached hydrogens (primary N) is 1. The highest BCUT2D eigenvalue weighted by Gasteiger charge is 2.20. The molecule has 7 heteroatoms. The molecule has 92 valence electrons. The maximum Gasteiger partial charge on any atom is 0.340 e. The van der Waals surface area contributed by atoms with Gasteiger partial charge in [-0.1, -0.05) is 0 Å². The molecule has 0 saturated carbocycles. The number of ether oxygens (including phenoxy) is 1. The molecule has 0 spiro atoms. The van der Waals surface area contributed by atoms with Gasteiger partial charge in [-0.05, 0) is 29.8 Å². The van der Waals surface area contributed by atoms with E-state index in [-0.39, 0.29) is 23.0 Å². The van der Waals surface area contributed by atoms with Gasteiger partial charge in [0, 0.05) is 16.6 Å². The number of halogens is 1. The van der Waals surface area contributed by atoms with Crippen LogP contribution in [-0.4, -0.2) is 17.0 Å². The van der Waals surface area contributed by atoms with Crippen molar-refractivity contribution in [3.8, 4) is 0 Å². The quantitative estimate of drug-likeness (QED) is 0.400. The first kappa shape index (κ1) is 13.4. The number of hydrogen-bond donors (Lipinski definition) is 1. The first-order valence-electron chi connectivity index (χ1n) is 4.77. The van der Waals surface area contributed by atoms with E-state index in [9.17, 15) is 14.9 Å². The minimum Gasteiger partial charge on any atom is -0.459 e. The molecule has 6 nitrogen and oxygen atoms in total. The van der Waals surface area contributed by atoms with Crippen LogP contribution in [0, 0.1) is 10.1 Å². The van der Waals surface area contributed by atoms with E-state index in [1.54, 1.807) is 13.8 Å². The Morgan fingerprint density at radius 2 is 2.12 bits per heavy atom. The van der Waals surface area contributed by atoms with E-state index >= 15 is 0 Å². The van der Waals surface area contributed by atoms with Crippen LogP contribution >= 0.6 is 15.9 Å². The number of benzene rings is 1. The van der Waals surface area contributed by atoms with Crippen LogP contribution in [0.1, 0.15) is 24.2 Å². The van der Waals surface area contributed by atoms with E-state index in [0.29, 0.717) is 4.47 Å². The Balaban J connectivity index is 3.22. The van der Waals surface area contributed by atoms with Gasteiger partial charge in [-0.25, -0.2) is 4.79 Å². The zero-order valence-electron chi connectivity index (χ0n) is 9.27. The minimum atomic E-state index is -0.679. The summed E-state index contributed by atoms with van der Waals surface area (Å²) in [5, 5.41) is 10.7. The Morgan fingerprint density at radius 3 is 2.59 bits per heavy atom. The van der Waals surface area contributed by atoms with Crippen LogP contribution in [0.3, 0.4) is 0 Å². The van der Waals surface area contributed by atoms with Crippen molar-refractivity contribution in [2.45, 2.75) is 20.0 Å². The van der Waals surface area contributed by atoms with Crippen molar-refractivity contribution in [1.82, 2.24) is 0 Å². The number of nitrogens with zero attached hydrogens (tertiary/aromatic N) is 1. The molecule has 0 aliphatic rings. The zero-order valence-corrected chi connectivity index (χ0v) is 10.9. The predicted octanol–water partition coefficient (Wildman–Crippen LogP) is 2.50. The summed E-state index contributed by atoms with van der Waals surface area (Å²) in [4.78, 5) is 21.7. The smallest absolute Gasteiger partial charge is 0.340 e. The zero-order chi connectivity index (χ0) is 13.2. The van der Waals surface area contributed by atoms with Gasteiger partial charge in [-0.2, -0.15) is 0 Å². The van der Waals surface area contributed by atoms with Crippen molar-refractivity contribution in [1.29, 1.82) is 0 Å². The molecule has 2 N–H and O–H groups in total. The van der Waals surface area contributed by atoms with Gasteiger partial charge in [0.25, 0.3) is 5.69 Å². The van der Waals surface area contributed by atoms with E-state index in [4.69, 9.17) is 10.5 Å². The van der Waals surface area contributed by atoms with Crippen molar-refractivity contribution < 1.29 is 14.5 Å². The molecular weight excluding hydrogens is 292 g/mol. The summed E-state index contributed by atoms with van der Waals surface area (Å²) in [7, 11) is 0. The molecule has 0 aliphatic heterocycles. The van der Waals surface area contributed by atoms with Crippen LogP contribution in [0.15, 0.2) is 16.6 Å². The van der Waals surface area contributed by atoms with Gasteiger partial charge < -0.3 is 10.5 Å². The van der Waals surface area contributed by atoms with Crippen LogP contribution in [0.4, 0.5) is 11.4 Å². The summed E-state index contributed by atoms with van der Waals surface area (Å²) < 4.78 is 5.24.